The molecule has 3 unspecified atom stereocenters. The lowest BCUT2D eigenvalue weighted by atomic mass is 9.78. The van der Waals surface area contributed by atoms with Crippen molar-refractivity contribution in [1.82, 2.24) is 10.6 Å². The summed E-state index contributed by atoms with van der Waals surface area (Å²) in [5.74, 6) is 0.971. The standard InChI is InChI=1S/C15H23BrN2S/c16-15-8-7-13(19-15)10-17-9-12-6-5-11-3-1-2-4-14(11)18-12/h7-8,11-12,14,17-18H,1-6,9-10H2. The van der Waals surface area contributed by atoms with Crippen LogP contribution in [0, 0.1) is 5.92 Å². The Balaban J connectivity index is 1.41. The Morgan fingerprint density at radius 1 is 1.21 bits per heavy atom. The molecule has 1 aromatic heterocycles. The molecule has 1 saturated carbocycles. The van der Waals surface area contributed by atoms with Gasteiger partial charge in [-0.05, 0) is 59.7 Å². The van der Waals surface area contributed by atoms with Gasteiger partial charge < -0.3 is 10.6 Å². The molecule has 106 valence electrons. The van der Waals surface area contributed by atoms with Gasteiger partial charge in [0.25, 0.3) is 0 Å². The maximum Gasteiger partial charge on any atom is 0.0701 e. The smallest absolute Gasteiger partial charge is 0.0701 e. The van der Waals surface area contributed by atoms with Crippen molar-refractivity contribution in [1.29, 1.82) is 0 Å². The Kier molecular flexibility index (Phi) is 4.96. The fourth-order valence-corrected chi connectivity index (χ4v) is 5.00. The van der Waals surface area contributed by atoms with Gasteiger partial charge in [-0.15, -0.1) is 11.3 Å². The summed E-state index contributed by atoms with van der Waals surface area (Å²) in [5.41, 5.74) is 0. The molecule has 3 atom stereocenters. The minimum atomic E-state index is 0.683. The second-order valence-corrected chi connectivity index (χ2v) is 8.48. The zero-order valence-corrected chi connectivity index (χ0v) is 13.7. The molecular weight excluding hydrogens is 320 g/mol. The molecule has 1 aliphatic heterocycles. The van der Waals surface area contributed by atoms with Crippen LogP contribution in [0.3, 0.4) is 0 Å². The monoisotopic (exact) mass is 342 g/mol. The van der Waals surface area contributed by atoms with Gasteiger partial charge in [0.05, 0.1) is 3.79 Å². The van der Waals surface area contributed by atoms with E-state index in [2.05, 4.69) is 38.7 Å². The van der Waals surface area contributed by atoms with E-state index < -0.39 is 0 Å². The number of piperidine rings is 1. The molecule has 1 aliphatic carbocycles. The van der Waals surface area contributed by atoms with Crippen LogP contribution in [0.1, 0.15) is 43.4 Å². The minimum Gasteiger partial charge on any atom is -0.310 e. The minimum absolute atomic E-state index is 0.683. The first-order valence-corrected chi connectivity index (χ1v) is 9.13. The number of nitrogens with one attached hydrogen (secondary N) is 2. The van der Waals surface area contributed by atoms with Crippen LogP contribution in [-0.4, -0.2) is 18.6 Å². The summed E-state index contributed by atoms with van der Waals surface area (Å²) in [6.07, 6.45) is 8.54. The van der Waals surface area contributed by atoms with Crippen LogP contribution in [0.4, 0.5) is 0 Å². The van der Waals surface area contributed by atoms with E-state index in [9.17, 15) is 0 Å². The van der Waals surface area contributed by atoms with E-state index in [1.165, 1.54) is 47.2 Å². The second kappa shape index (κ2) is 6.70. The maximum absolute atomic E-state index is 3.88. The van der Waals surface area contributed by atoms with Crippen molar-refractivity contribution >= 4 is 27.3 Å². The quantitative estimate of drug-likeness (QED) is 0.866. The summed E-state index contributed by atoms with van der Waals surface area (Å²) in [4.78, 5) is 1.42. The first kappa shape index (κ1) is 14.1. The van der Waals surface area contributed by atoms with Crippen LogP contribution in [0.25, 0.3) is 0 Å². The van der Waals surface area contributed by atoms with Gasteiger partial charge in [-0.1, -0.05) is 12.8 Å². The molecule has 19 heavy (non-hydrogen) atoms. The van der Waals surface area contributed by atoms with Crippen molar-refractivity contribution < 1.29 is 0 Å². The third kappa shape index (κ3) is 3.81. The normalized spacial score (nSPS) is 31.1. The molecule has 1 saturated heterocycles. The average Bonchev–Trinajstić information content (AvgIpc) is 2.84. The highest BCUT2D eigenvalue weighted by molar-refractivity contribution is 9.11. The number of halogens is 1. The summed E-state index contributed by atoms with van der Waals surface area (Å²) in [6, 6.07) is 5.83. The van der Waals surface area contributed by atoms with Gasteiger partial charge in [0.15, 0.2) is 0 Å². The Hall–Kier alpha value is 0.1000. The van der Waals surface area contributed by atoms with Gasteiger partial charge in [-0.3, -0.25) is 0 Å². The molecule has 3 rings (SSSR count). The highest BCUT2D eigenvalue weighted by atomic mass is 79.9. The average molecular weight is 343 g/mol. The topological polar surface area (TPSA) is 24.1 Å². The SMILES string of the molecule is Brc1ccc(CNCC2CCC3CCCCC3N2)s1. The van der Waals surface area contributed by atoms with Crippen molar-refractivity contribution in [2.75, 3.05) is 6.54 Å². The van der Waals surface area contributed by atoms with Crippen molar-refractivity contribution in [3.8, 4) is 0 Å². The number of fused-ring (bicyclic) bond motifs is 1. The lowest BCUT2D eigenvalue weighted by Crippen LogP contribution is -2.52. The van der Waals surface area contributed by atoms with E-state index >= 15 is 0 Å². The van der Waals surface area contributed by atoms with Gasteiger partial charge in [0.1, 0.15) is 0 Å². The molecule has 0 bridgehead atoms. The molecule has 4 heteroatoms. The molecule has 0 radical (unpaired) electrons. The number of hydrogen-bond acceptors (Lipinski definition) is 3. The fourth-order valence-electron chi connectivity index (χ4n) is 3.55. The van der Waals surface area contributed by atoms with E-state index in [0.29, 0.717) is 6.04 Å². The molecule has 2 aliphatic rings. The lowest BCUT2D eigenvalue weighted by molar-refractivity contribution is 0.174. The molecule has 2 N–H and O–H groups in total. The molecule has 0 amide bonds. The van der Waals surface area contributed by atoms with Crippen LogP contribution in [0.5, 0.6) is 0 Å². The first-order chi connectivity index (χ1) is 9.31. The predicted octanol–water partition coefficient (Wildman–Crippen LogP) is 3.91. The third-order valence-electron chi connectivity index (χ3n) is 4.56. The van der Waals surface area contributed by atoms with Gasteiger partial charge in [-0.2, -0.15) is 0 Å². The van der Waals surface area contributed by atoms with Gasteiger partial charge in [0, 0.05) is 30.1 Å². The Bertz CT molecular complexity index is 407. The molecule has 0 spiro atoms. The van der Waals surface area contributed by atoms with Gasteiger partial charge in [0.2, 0.25) is 0 Å². The highest BCUT2D eigenvalue weighted by Gasteiger charge is 2.31. The molecule has 2 fully saturated rings. The third-order valence-corrected chi connectivity index (χ3v) is 6.19. The number of hydrogen-bond donors (Lipinski definition) is 2. The summed E-state index contributed by atoms with van der Waals surface area (Å²) >= 11 is 5.34. The Morgan fingerprint density at radius 2 is 2.11 bits per heavy atom. The van der Waals surface area contributed by atoms with Crippen LogP contribution in [0.2, 0.25) is 0 Å². The number of thiophene rings is 1. The second-order valence-electron chi connectivity index (χ2n) is 5.93. The maximum atomic E-state index is 3.88. The van der Waals surface area contributed by atoms with E-state index in [4.69, 9.17) is 0 Å². The summed E-state index contributed by atoms with van der Waals surface area (Å²) < 4.78 is 1.23. The zero-order valence-electron chi connectivity index (χ0n) is 11.3. The Labute approximate surface area is 128 Å². The molecular formula is C15H23BrN2S. The van der Waals surface area contributed by atoms with Crippen molar-refractivity contribution in [3.63, 3.8) is 0 Å². The lowest BCUT2D eigenvalue weighted by Gasteiger charge is -2.40. The zero-order chi connectivity index (χ0) is 13.1. The Morgan fingerprint density at radius 3 is 2.95 bits per heavy atom. The van der Waals surface area contributed by atoms with Crippen LogP contribution in [0.15, 0.2) is 15.9 Å². The summed E-state index contributed by atoms with van der Waals surface area (Å²) in [6.45, 7) is 2.11. The van der Waals surface area contributed by atoms with Crippen molar-refractivity contribution in [3.05, 3.63) is 20.8 Å². The highest BCUT2D eigenvalue weighted by Crippen LogP contribution is 2.32. The first-order valence-electron chi connectivity index (χ1n) is 7.52. The fraction of sp³-hybridized carbons (Fsp3) is 0.733. The predicted molar refractivity (Wildman–Crippen MR) is 85.6 cm³/mol. The van der Waals surface area contributed by atoms with E-state index in [1.54, 1.807) is 0 Å². The molecule has 2 heterocycles. The van der Waals surface area contributed by atoms with E-state index in [1.807, 2.05) is 11.3 Å². The summed E-state index contributed by atoms with van der Waals surface area (Å²) in [5, 5.41) is 7.49. The van der Waals surface area contributed by atoms with Crippen molar-refractivity contribution in [2.24, 2.45) is 5.92 Å². The van der Waals surface area contributed by atoms with Crippen LogP contribution >= 0.6 is 27.3 Å². The van der Waals surface area contributed by atoms with Crippen molar-refractivity contribution in [2.45, 2.75) is 57.2 Å². The molecule has 1 aromatic rings. The van der Waals surface area contributed by atoms with E-state index in [-0.39, 0.29) is 0 Å². The molecule has 2 nitrogen and oxygen atoms in total. The molecule has 0 aromatic carbocycles. The summed E-state index contributed by atoms with van der Waals surface area (Å²) in [7, 11) is 0. The number of rotatable bonds is 4. The van der Waals surface area contributed by atoms with E-state index in [0.717, 1.165) is 25.0 Å². The largest absolute Gasteiger partial charge is 0.310 e. The van der Waals surface area contributed by atoms with Gasteiger partial charge in [-0.25, -0.2) is 0 Å². The van der Waals surface area contributed by atoms with Crippen LogP contribution < -0.4 is 10.6 Å². The van der Waals surface area contributed by atoms with Gasteiger partial charge >= 0.3 is 0 Å². The van der Waals surface area contributed by atoms with Crippen LogP contribution in [-0.2, 0) is 6.54 Å².